The van der Waals surface area contributed by atoms with Gasteiger partial charge in [-0.1, -0.05) is 12.1 Å². The lowest BCUT2D eigenvalue weighted by Crippen LogP contribution is -2.45. The first-order valence-corrected chi connectivity index (χ1v) is 7.67. The van der Waals surface area contributed by atoms with Crippen LogP contribution in [0.1, 0.15) is 31.2 Å². The van der Waals surface area contributed by atoms with Crippen LogP contribution < -0.4 is 5.32 Å². The van der Waals surface area contributed by atoms with Crippen LogP contribution in [0.15, 0.2) is 18.2 Å². The lowest BCUT2D eigenvalue weighted by atomic mass is 10.0. The number of carbonyl (C=O) groups excluding carboxylic acids is 1. The second-order valence-corrected chi connectivity index (χ2v) is 6.04. The first-order valence-electron chi connectivity index (χ1n) is 7.67. The minimum atomic E-state index is -0.0841. The molecule has 1 aromatic rings. The number of phenols is 2. The Kier molecular flexibility index (Phi) is 4.01. The molecule has 1 saturated carbocycles. The number of nitrogens with one attached hydrogen (secondary N) is 1. The van der Waals surface area contributed by atoms with Crippen LogP contribution in [0.3, 0.4) is 0 Å². The number of phenolic OH excluding ortho intramolecular Hbond substituents is 2. The van der Waals surface area contributed by atoms with Gasteiger partial charge in [-0.15, -0.1) is 0 Å². The highest BCUT2D eigenvalue weighted by Crippen LogP contribution is 2.32. The monoisotopic (exact) mass is 290 g/mol. The number of likely N-dealkylation sites (tertiary alicyclic amines) is 1. The van der Waals surface area contributed by atoms with Crippen LogP contribution in [0.25, 0.3) is 0 Å². The molecule has 1 amide bonds. The number of hydrogen-bond donors (Lipinski definition) is 3. The van der Waals surface area contributed by atoms with Crippen LogP contribution in [-0.4, -0.2) is 40.2 Å². The Hall–Kier alpha value is -1.75. The van der Waals surface area contributed by atoms with Gasteiger partial charge in [0.05, 0.1) is 0 Å². The van der Waals surface area contributed by atoms with E-state index in [9.17, 15) is 15.0 Å². The van der Waals surface area contributed by atoms with Crippen molar-refractivity contribution in [3.8, 4) is 11.5 Å². The number of piperidine rings is 1. The highest BCUT2D eigenvalue weighted by atomic mass is 16.3. The van der Waals surface area contributed by atoms with Gasteiger partial charge >= 0.3 is 0 Å². The van der Waals surface area contributed by atoms with E-state index >= 15 is 0 Å². The predicted molar refractivity (Wildman–Crippen MR) is 78.9 cm³/mol. The summed E-state index contributed by atoms with van der Waals surface area (Å²) in [6, 6.07) is 5.35. The largest absolute Gasteiger partial charge is 0.504 e. The topological polar surface area (TPSA) is 72.8 Å². The summed E-state index contributed by atoms with van der Waals surface area (Å²) in [7, 11) is 0. The van der Waals surface area contributed by atoms with Crippen molar-refractivity contribution in [2.75, 3.05) is 13.1 Å². The summed E-state index contributed by atoms with van der Waals surface area (Å²) < 4.78 is 0. The predicted octanol–water partition coefficient (Wildman–Crippen LogP) is 1.59. The van der Waals surface area contributed by atoms with Gasteiger partial charge in [0, 0.05) is 37.2 Å². The van der Waals surface area contributed by atoms with Gasteiger partial charge in [0.1, 0.15) is 0 Å². The maximum atomic E-state index is 12.0. The van der Waals surface area contributed by atoms with Crippen LogP contribution in [0, 0.1) is 5.92 Å². The second kappa shape index (κ2) is 5.93. The maximum Gasteiger partial charge on any atom is 0.225 e. The van der Waals surface area contributed by atoms with E-state index in [1.165, 1.54) is 6.07 Å². The van der Waals surface area contributed by atoms with E-state index in [1.807, 2.05) is 4.90 Å². The summed E-state index contributed by atoms with van der Waals surface area (Å²) in [6.45, 7) is 2.17. The van der Waals surface area contributed by atoms with Gasteiger partial charge < -0.3 is 20.4 Å². The van der Waals surface area contributed by atoms with Crippen LogP contribution in [0.2, 0.25) is 0 Å². The number of benzene rings is 1. The summed E-state index contributed by atoms with van der Waals surface area (Å²) in [5.74, 6) is 0.503. The molecule has 0 aromatic heterocycles. The Bertz CT molecular complexity index is 520. The van der Waals surface area contributed by atoms with Crippen LogP contribution in [0.4, 0.5) is 0 Å². The van der Waals surface area contributed by atoms with Crippen molar-refractivity contribution in [3.63, 3.8) is 0 Å². The van der Waals surface area contributed by atoms with E-state index in [4.69, 9.17) is 0 Å². The second-order valence-electron chi connectivity index (χ2n) is 6.04. The molecule has 114 valence electrons. The first-order chi connectivity index (χ1) is 10.1. The van der Waals surface area contributed by atoms with E-state index in [0.29, 0.717) is 30.0 Å². The van der Waals surface area contributed by atoms with Crippen molar-refractivity contribution in [1.82, 2.24) is 10.2 Å². The third kappa shape index (κ3) is 3.29. The molecule has 2 fully saturated rings. The quantitative estimate of drug-likeness (QED) is 0.736. The van der Waals surface area contributed by atoms with Crippen LogP contribution in [-0.2, 0) is 11.3 Å². The third-order valence-corrected chi connectivity index (χ3v) is 4.41. The molecule has 5 heteroatoms. The molecule has 2 aliphatic rings. The Morgan fingerprint density at radius 3 is 2.57 bits per heavy atom. The molecule has 21 heavy (non-hydrogen) atoms. The van der Waals surface area contributed by atoms with Gasteiger partial charge in [0.25, 0.3) is 0 Å². The van der Waals surface area contributed by atoms with Gasteiger partial charge in [-0.3, -0.25) is 4.79 Å². The lowest BCUT2D eigenvalue weighted by Gasteiger charge is -2.32. The first kappa shape index (κ1) is 14.2. The van der Waals surface area contributed by atoms with Crippen molar-refractivity contribution >= 4 is 5.91 Å². The summed E-state index contributed by atoms with van der Waals surface area (Å²) in [5, 5.41) is 22.6. The zero-order chi connectivity index (χ0) is 14.8. The number of carbonyl (C=O) groups is 1. The molecule has 0 unspecified atom stereocenters. The normalized spacial score (nSPS) is 19.7. The molecule has 1 aliphatic heterocycles. The van der Waals surface area contributed by atoms with E-state index in [1.54, 1.807) is 12.1 Å². The standard InChI is InChI=1S/C16H22N2O3/c19-14-3-1-2-12(15(14)20)10-17-13-6-8-18(9-7-13)16(21)11-4-5-11/h1-3,11,13,17,19-20H,4-10H2. The molecule has 1 aliphatic carbocycles. The minimum Gasteiger partial charge on any atom is -0.504 e. The summed E-state index contributed by atoms with van der Waals surface area (Å²) >= 11 is 0. The molecule has 3 rings (SSSR count). The van der Waals surface area contributed by atoms with Crippen LogP contribution in [0.5, 0.6) is 11.5 Å². The lowest BCUT2D eigenvalue weighted by molar-refractivity contribution is -0.133. The number of aromatic hydroxyl groups is 2. The van der Waals surface area contributed by atoms with Crippen molar-refractivity contribution in [2.24, 2.45) is 5.92 Å². The van der Waals surface area contributed by atoms with E-state index < -0.39 is 0 Å². The number of nitrogens with zero attached hydrogens (tertiary/aromatic N) is 1. The molecule has 1 heterocycles. The summed E-state index contributed by atoms with van der Waals surface area (Å²) in [4.78, 5) is 14.0. The average Bonchev–Trinajstić information content (AvgIpc) is 3.33. The van der Waals surface area contributed by atoms with E-state index in [-0.39, 0.29) is 11.5 Å². The fourth-order valence-corrected chi connectivity index (χ4v) is 2.87. The van der Waals surface area contributed by atoms with Crippen LogP contribution >= 0.6 is 0 Å². The molecular formula is C16H22N2O3. The minimum absolute atomic E-state index is 0.0497. The molecular weight excluding hydrogens is 268 g/mol. The fourth-order valence-electron chi connectivity index (χ4n) is 2.87. The fraction of sp³-hybridized carbons (Fsp3) is 0.562. The third-order valence-electron chi connectivity index (χ3n) is 4.41. The van der Waals surface area contributed by atoms with E-state index in [2.05, 4.69) is 5.32 Å². The van der Waals surface area contributed by atoms with Gasteiger partial charge in [0.2, 0.25) is 5.91 Å². The highest BCUT2D eigenvalue weighted by molar-refractivity contribution is 5.81. The number of amides is 1. The molecule has 1 aromatic carbocycles. The number of hydrogen-bond acceptors (Lipinski definition) is 4. The van der Waals surface area contributed by atoms with Crippen molar-refractivity contribution in [1.29, 1.82) is 0 Å². The zero-order valence-corrected chi connectivity index (χ0v) is 12.1. The maximum absolute atomic E-state index is 12.0. The number of para-hydroxylation sites is 1. The van der Waals surface area contributed by atoms with Crippen molar-refractivity contribution < 1.29 is 15.0 Å². The molecule has 0 atom stereocenters. The molecule has 5 nitrogen and oxygen atoms in total. The molecule has 1 saturated heterocycles. The SMILES string of the molecule is O=C(C1CC1)N1CCC(NCc2cccc(O)c2O)CC1. The van der Waals surface area contributed by atoms with E-state index in [0.717, 1.165) is 38.8 Å². The molecule has 3 N–H and O–H groups in total. The summed E-state index contributed by atoms with van der Waals surface area (Å²) in [5.41, 5.74) is 0.700. The Balaban J connectivity index is 1.47. The van der Waals surface area contributed by atoms with Gasteiger partial charge in [-0.25, -0.2) is 0 Å². The molecule has 0 spiro atoms. The molecule has 0 radical (unpaired) electrons. The zero-order valence-electron chi connectivity index (χ0n) is 12.1. The summed E-state index contributed by atoms with van der Waals surface area (Å²) in [6.07, 6.45) is 4.01. The molecule has 0 bridgehead atoms. The van der Waals surface area contributed by atoms with Gasteiger partial charge in [0.15, 0.2) is 11.5 Å². The van der Waals surface area contributed by atoms with Crippen molar-refractivity contribution in [2.45, 2.75) is 38.3 Å². The smallest absolute Gasteiger partial charge is 0.225 e. The Morgan fingerprint density at radius 2 is 1.90 bits per heavy atom. The number of rotatable bonds is 4. The van der Waals surface area contributed by atoms with Crippen molar-refractivity contribution in [3.05, 3.63) is 23.8 Å². The Morgan fingerprint density at radius 1 is 1.19 bits per heavy atom. The van der Waals surface area contributed by atoms with Gasteiger partial charge in [-0.2, -0.15) is 0 Å². The van der Waals surface area contributed by atoms with Gasteiger partial charge in [-0.05, 0) is 31.7 Å². The average molecular weight is 290 g/mol. The Labute approximate surface area is 124 Å². The highest BCUT2D eigenvalue weighted by Gasteiger charge is 2.34.